The third-order valence-electron chi connectivity index (χ3n) is 1.86. The second-order valence-corrected chi connectivity index (χ2v) is 6.70. The molecule has 1 aromatic heterocycles. The van der Waals surface area contributed by atoms with E-state index in [9.17, 15) is 4.79 Å². The minimum absolute atomic E-state index is 0.554. The van der Waals surface area contributed by atoms with Crippen molar-refractivity contribution in [1.29, 1.82) is 0 Å². The number of aldehydes is 1. The van der Waals surface area contributed by atoms with Gasteiger partial charge in [-0.25, -0.2) is 0 Å². The van der Waals surface area contributed by atoms with Crippen molar-refractivity contribution in [2.24, 2.45) is 0 Å². The van der Waals surface area contributed by atoms with Crippen LogP contribution in [0.2, 0.25) is 5.02 Å². The molecule has 1 heterocycles. The van der Waals surface area contributed by atoms with Gasteiger partial charge in [0.2, 0.25) is 0 Å². The second-order valence-electron chi connectivity index (χ2n) is 2.94. The molecule has 0 saturated heterocycles. The molecular weight excluding hydrogens is 296 g/mol. The first-order valence-corrected chi connectivity index (χ1v) is 7.76. The average molecular weight is 303 g/mol. The van der Waals surface area contributed by atoms with Crippen LogP contribution in [0.15, 0.2) is 31.8 Å². The van der Waals surface area contributed by atoms with E-state index in [1.165, 1.54) is 23.1 Å². The lowest BCUT2D eigenvalue weighted by molar-refractivity contribution is 0.112. The van der Waals surface area contributed by atoms with E-state index in [4.69, 9.17) is 11.6 Å². The highest BCUT2D eigenvalue weighted by Crippen LogP contribution is 2.34. The third kappa shape index (κ3) is 3.22. The monoisotopic (exact) mass is 302 g/mol. The molecule has 7 heteroatoms. The highest BCUT2D eigenvalue weighted by molar-refractivity contribution is 8.03. The Morgan fingerprint density at radius 3 is 2.76 bits per heavy atom. The standard InChI is InChI=1S/C10H7ClN2OS3/c1-15-9-12-13-10(17-9)16-8-3-2-7(11)4-6(8)5-14/h2-5H,1H3. The summed E-state index contributed by atoms with van der Waals surface area (Å²) in [5, 5.41) is 8.60. The summed E-state index contributed by atoms with van der Waals surface area (Å²) >= 11 is 10.3. The molecule has 2 aromatic rings. The molecule has 0 fully saturated rings. The smallest absolute Gasteiger partial charge is 0.179 e. The van der Waals surface area contributed by atoms with Crippen LogP contribution in [-0.2, 0) is 0 Å². The van der Waals surface area contributed by atoms with E-state index in [0.29, 0.717) is 10.6 Å². The zero-order valence-electron chi connectivity index (χ0n) is 8.71. The van der Waals surface area contributed by atoms with Gasteiger partial charge in [-0.15, -0.1) is 10.2 Å². The van der Waals surface area contributed by atoms with E-state index in [1.54, 1.807) is 23.9 Å². The van der Waals surface area contributed by atoms with E-state index in [2.05, 4.69) is 10.2 Å². The van der Waals surface area contributed by atoms with Crippen LogP contribution >= 0.6 is 46.5 Å². The molecule has 0 radical (unpaired) electrons. The zero-order valence-corrected chi connectivity index (χ0v) is 11.9. The van der Waals surface area contributed by atoms with Crippen molar-refractivity contribution in [1.82, 2.24) is 10.2 Å². The molecule has 1 aromatic carbocycles. The van der Waals surface area contributed by atoms with Gasteiger partial charge in [0, 0.05) is 15.5 Å². The van der Waals surface area contributed by atoms with Crippen molar-refractivity contribution in [3.05, 3.63) is 28.8 Å². The molecule has 0 aliphatic heterocycles. The molecule has 0 saturated carbocycles. The number of carbonyl (C=O) groups is 1. The van der Waals surface area contributed by atoms with Gasteiger partial charge in [0.15, 0.2) is 15.0 Å². The van der Waals surface area contributed by atoms with Crippen molar-refractivity contribution in [2.75, 3.05) is 6.26 Å². The Kier molecular flexibility index (Phi) is 4.44. The minimum atomic E-state index is 0.554. The molecule has 0 spiro atoms. The first-order chi connectivity index (χ1) is 8.22. The number of thioether (sulfide) groups is 1. The topological polar surface area (TPSA) is 42.9 Å². The van der Waals surface area contributed by atoms with Crippen LogP contribution < -0.4 is 0 Å². The Morgan fingerprint density at radius 1 is 1.35 bits per heavy atom. The van der Waals surface area contributed by atoms with E-state index in [0.717, 1.165) is 19.9 Å². The van der Waals surface area contributed by atoms with E-state index >= 15 is 0 Å². The number of carbonyl (C=O) groups excluding carboxylic acids is 1. The number of rotatable bonds is 4. The van der Waals surface area contributed by atoms with Crippen LogP contribution in [0.5, 0.6) is 0 Å². The molecule has 0 bridgehead atoms. The Hall–Kier alpha value is -0.560. The lowest BCUT2D eigenvalue weighted by atomic mass is 10.2. The fourth-order valence-electron chi connectivity index (χ4n) is 1.12. The van der Waals surface area contributed by atoms with Crippen LogP contribution in [0.3, 0.4) is 0 Å². The first kappa shape index (κ1) is 12.9. The van der Waals surface area contributed by atoms with Crippen LogP contribution in [0.25, 0.3) is 0 Å². The van der Waals surface area contributed by atoms with Gasteiger partial charge in [0.25, 0.3) is 0 Å². The van der Waals surface area contributed by atoms with Gasteiger partial charge in [-0.2, -0.15) is 0 Å². The Labute approximate surface area is 116 Å². The lowest BCUT2D eigenvalue weighted by Gasteiger charge is -2.01. The molecule has 0 N–H and O–H groups in total. The van der Waals surface area contributed by atoms with Gasteiger partial charge < -0.3 is 0 Å². The molecule has 2 rings (SSSR count). The molecule has 0 atom stereocenters. The van der Waals surface area contributed by atoms with Crippen molar-refractivity contribution < 1.29 is 4.79 Å². The van der Waals surface area contributed by atoms with Gasteiger partial charge in [-0.1, -0.05) is 46.5 Å². The van der Waals surface area contributed by atoms with Crippen molar-refractivity contribution in [3.8, 4) is 0 Å². The minimum Gasteiger partial charge on any atom is -0.298 e. The average Bonchev–Trinajstić information content (AvgIpc) is 2.79. The Morgan fingerprint density at radius 2 is 2.12 bits per heavy atom. The summed E-state index contributed by atoms with van der Waals surface area (Å²) in [6.45, 7) is 0. The fraction of sp³-hybridized carbons (Fsp3) is 0.100. The molecule has 88 valence electrons. The largest absolute Gasteiger partial charge is 0.298 e. The number of halogens is 1. The number of hydrogen-bond donors (Lipinski definition) is 0. The molecular formula is C10H7ClN2OS3. The number of benzene rings is 1. The fourth-order valence-corrected chi connectivity index (χ4v) is 3.77. The van der Waals surface area contributed by atoms with Gasteiger partial charge in [0.1, 0.15) is 0 Å². The predicted molar refractivity (Wildman–Crippen MR) is 72.7 cm³/mol. The number of aromatic nitrogens is 2. The molecule has 0 aliphatic rings. The lowest BCUT2D eigenvalue weighted by Crippen LogP contribution is -1.84. The van der Waals surface area contributed by atoms with Crippen LogP contribution in [0, 0.1) is 0 Å². The highest BCUT2D eigenvalue weighted by Gasteiger charge is 2.09. The number of hydrogen-bond acceptors (Lipinski definition) is 6. The molecule has 17 heavy (non-hydrogen) atoms. The van der Waals surface area contributed by atoms with Crippen molar-refractivity contribution in [3.63, 3.8) is 0 Å². The maximum atomic E-state index is 10.9. The molecule has 0 amide bonds. The SMILES string of the molecule is CSc1nnc(Sc2ccc(Cl)cc2C=O)s1. The summed E-state index contributed by atoms with van der Waals surface area (Å²) in [7, 11) is 0. The summed E-state index contributed by atoms with van der Waals surface area (Å²) in [5.41, 5.74) is 0.573. The molecule has 0 unspecified atom stereocenters. The van der Waals surface area contributed by atoms with Gasteiger partial charge in [0.05, 0.1) is 0 Å². The summed E-state index contributed by atoms with van der Waals surface area (Å²) in [4.78, 5) is 11.8. The third-order valence-corrected chi connectivity index (χ3v) is 5.14. The quantitative estimate of drug-likeness (QED) is 0.633. The summed E-state index contributed by atoms with van der Waals surface area (Å²) in [5.74, 6) is 0. The normalized spacial score (nSPS) is 10.5. The molecule has 0 aliphatic carbocycles. The van der Waals surface area contributed by atoms with Gasteiger partial charge >= 0.3 is 0 Å². The van der Waals surface area contributed by atoms with Crippen LogP contribution in [-0.4, -0.2) is 22.7 Å². The first-order valence-electron chi connectivity index (χ1n) is 4.53. The van der Waals surface area contributed by atoms with Gasteiger partial charge in [-0.3, -0.25) is 4.79 Å². The molecule has 3 nitrogen and oxygen atoms in total. The Bertz CT molecular complexity index is 544. The summed E-state index contributed by atoms with van der Waals surface area (Å²) in [6, 6.07) is 5.22. The predicted octanol–water partition coefficient (Wildman–Crippen LogP) is 3.88. The van der Waals surface area contributed by atoms with E-state index in [-0.39, 0.29) is 0 Å². The van der Waals surface area contributed by atoms with Crippen LogP contribution in [0.1, 0.15) is 10.4 Å². The van der Waals surface area contributed by atoms with Gasteiger partial charge in [-0.05, 0) is 24.5 Å². The van der Waals surface area contributed by atoms with Crippen LogP contribution in [0.4, 0.5) is 0 Å². The van der Waals surface area contributed by atoms with Crippen molar-refractivity contribution in [2.45, 2.75) is 13.6 Å². The summed E-state index contributed by atoms with van der Waals surface area (Å²) in [6.07, 6.45) is 2.75. The van der Waals surface area contributed by atoms with E-state index < -0.39 is 0 Å². The Balaban J connectivity index is 2.26. The maximum absolute atomic E-state index is 10.9. The van der Waals surface area contributed by atoms with E-state index in [1.807, 2.05) is 12.3 Å². The summed E-state index contributed by atoms with van der Waals surface area (Å²) < 4.78 is 1.73. The second kappa shape index (κ2) is 5.86. The number of nitrogens with zero attached hydrogens (tertiary/aromatic N) is 2. The maximum Gasteiger partial charge on any atom is 0.179 e. The highest BCUT2D eigenvalue weighted by atomic mass is 35.5. The zero-order chi connectivity index (χ0) is 12.3. The van der Waals surface area contributed by atoms with Crippen molar-refractivity contribution >= 4 is 52.7 Å².